The van der Waals surface area contributed by atoms with Crippen LogP contribution >= 0.6 is 11.3 Å². The molecular formula is C17H19N3O4S. The topological polar surface area (TPSA) is 86.5 Å². The minimum atomic E-state index is -0.391. The van der Waals surface area contributed by atoms with Crippen LogP contribution in [0.4, 0.5) is 5.13 Å². The van der Waals surface area contributed by atoms with E-state index in [1.165, 1.54) is 23.6 Å². The number of hydrogen-bond donors (Lipinski definition) is 1. The maximum absolute atomic E-state index is 11.9. The number of methoxy groups -OCH3 is 1. The minimum absolute atomic E-state index is 0. The van der Waals surface area contributed by atoms with E-state index in [2.05, 4.69) is 15.5 Å². The van der Waals surface area contributed by atoms with E-state index in [1.807, 2.05) is 29.6 Å². The van der Waals surface area contributed by atoms with Crippen molar-refractivity contribution in [1.82, 2.24) is 10.1 Å². The van der Waals surface area contributed by atoms with Gasteiger partial charge in [-0.1, -0.05) is 24.7 Å². The highest BCUT2D eigenvalue weighted by atomic mass is 32.1. The number of para-hydroxylation sites is 1. The fourth-order valence-corrected chi connectivity index (χ4v) is 2.69. The van der Waals surface area contributed by atoms with Gasteiger partial charge in [-0.3, -0.25) is 10.1 Å². The Hall–Kier alpha value is -2.71. The molecule has 0 aliphatic heterocycles. The van der Waals surface area contributed by atoms with Crippen molar-refractivity contribution in [3.8, 4) is 17.0 Å². The summed E-state index contributed by atoms with van der Waals surface area (Å²) in [7, 11) is 1.62. The van der Waals surface area contributed by atoms with E-state index in [4.69, 9.17) is 14.0 Å². The van der Waals surface area contributed by atoms with Crippen LogP contribution in [0, 0.1) is 0 Å². The second-order valence-electron chi connectivity index (χ2n) is 4.71. The largest absolute Gasteiger partial charge is 0.490 e. The molecule has 1 amide bonds. The Kier molecular flexibility index (Phi) is 6.67. The van der Waals surface area contributed by atoms with Gasteiger partial charge in [0.25, 0.3) is 5.91 Å². The number of ether oxygens (including phenoxy) is 2. The van der Waals surface area contributed by atoms with Gasteiger partial charge >= 0.3 is 0 Å². The first-order chi connectivity index (χ1) is 11.8. The summed E-state index contributed by atoms with van der Waals surface area (Å²) in [5, 5.41) is 8.51. The lowest BCUT2D eigenvalue weighted by Gasteiger charge is -2.09. The third-order valence-electron chi connectivity index (χ3n) is 3.09. The predicted octanol–water partition coefficient (Wildman–Crippen LogP) is 3.71. The number of anilines is 1. The zero-order valence-corrected chi connectivity index (χ0v) is 13.7. The molecule has 132 valence electrons. The molecule has 2 aromatic heterocycles. The number of aromatic nitrogens is 2. The first-order valence-electron chi connectivity index (χ1n) is 7.16. The lowest BCUT2D eigenvalue weighted by molar-refractivity contribution is 0.0988. The monoisotopic (exact) mass is 361 g/mol. The Balaban J connectivity index is 0.00000225. The molecule has 0 aliphatic rings. The van der Waals surface area contributed by atoms with Gasteiger partial charge in [0.15, 0.2) is 5.13 Å². The Morgan fingerprint density at radius 2 is 2.12 bits per heavy atom. The van der Waals surface area contributed by atoms with Crippen LogP contribution in [0.15, 0.2) is 46.4 Å². The van der Waals surface area contributed by atoms with Gasteiger partial charge in [-0.2, -0.15) is 0 Å². The van der Waals surface area contributed by atoms with Crippen molar-refractivity contribution >= 4 is 22.4 Å². The van der Waals surface area contributed by atoms with E-state index < -0.39 is 5.91 Å². The highest BCUT2D eigenvalue weighted by molar-refractivity contribution is 7.14. The molecule has 8 heteroatoms. The van der Waals surface area contributed by atoms with Gasteiger partial charge in [0.2, 0.25) is 5.76 Å². The average molecular weight is 361 g/mol. The summed E-state index contributed by atoms with van der Waals surface area (Å²) in [4.78, 5) is 16.4. The van der Waals surface area contributed by atoms with E-state index in [0.717, 1.165) is 11.3 Å². The zero-order valence-electron chi connectivity index (χ0n) is 12.9. The fraction of sp³-hybridized carbons (Fsp3) is 0.235. The summed E-state index contributed by atoms with van der Waals surface area (Å²) in [6.07, 6.45) is 1.41. The van der Waals surface area contributed by atoms with Crippen molar-refractivity contribution in [2.45, 2.75) is 7.43 Å². The minimum Gasteiger partial charge on any atom is -0.490 e. The van der Waals surface area contributed by atoms with Crippen LogP contribution in [0.5, 0.6) is 5.75 Å². The van der Waals surface area contributed by atoms with E-state index in [-0.39, 0.29) is 13.2 Å². The van der Waals surface area contributed by atoms with Crippen LogP contribution in [0.2, 0.25) is 0 Å². The Bertz CT molecular complexity index is 802. The molecule has 0 saturated heterocycles. The maximum Gasteiger partial charge on any atom is 0.296 e. The lowest BCUT2D eigenvalue weighted by Crippen LogP contribution is -2.10. The van der Waals surface area contributed by atoms with Crippen molar-refractivity contribution < 1.29 is 18.8 Å². The molecule has 0 saturated carbocycles. The van der Waals surface area contributed by atoms with Crippen molar-refractivity contribution in [2.75, 3.05) is 25.6 Å². The predicted molar refractivity (Wildman–Crippen MR) is 96.1 cm³/mol. The number of carbonyl (C=O) groups is 1. The molecule has 0 fully saturated rings. The Morgan fingerprint density at radius 3 is 2.88 bits per heavy atom. The van der Waals surface area contributed by atoms with Crippen molar-refractivity contribution in [3.63, 3.8) is 0 Å². The molecule has 25 heavy (non-hydrogen) atoms. The number of nitrogens with one attached hydrogen (secondary N) is 1. The number of rotatable bonds is 7. The average Bonchev–Trinajstić information content (AvgIpc) is 3.27. The standard InChI is InChI=1S/C16H15N3O4S.CH4/c1-21-8-9-22-13-5-3-2-4-11(13)12-10-24-16(18-12)19-15(20)14-6-7-17-23-14;/h2-7,10H,8-9H2,1H3,(H,18,19,20);1H4. The van der Waals surface area contributed by atoms with Gasteiger partial charge < -0.3 is 14.0 Å². The van der Waals surface area contributed by atoms with Gasteiger partial charge in [0, 0.05) is 24.1 Å². The third-order valence-corrected chi connectivity index (χ3v) is 3.85. The first-order valence-corrected chi connectivity index (χ1v) is 8.04. The SMILES string of the molecule is C.COCCOc1ccccc1-c1csc(NC(=O)c2ccno2)n1. The molecule has 3 rings (SSSR count). The quantitative estimate of drug-likeness (QED) is 0.646. The summed E-state index contributed by atoms with van der Waals surface area (Å²) in [6, 6.07) is 9.08. The van der Waals surface area contributed by atoms with Gasteiger partial charge in [-0.15, -0.1) is 11.3 Å². The summed E-state index contributed by atoms with van der Waals surface area (Å²) in [5.74, 6) is 0.459. The van der Waals surface area contributed by atoms with Crippen molar-refractivity contribution in [3.05, 3.63) is 47.7 Å². The Labute approximate surface area is 149 Å². The highest BCUT2D eigenvalue weighted by Gasteiger charge is 2.14. The van der Waals surface area contributed by atoms with Crippen molar-refractivity contribution in [1.29, 1.82) is 0 Å². The molecule has 0 atom stereocenters. The third kappa shape index (κ3) is 4.65. The van der Waals surface area contributed by atoms with E-state index in [1.54, 1.807) is 7.11 Å². The zero-order chi connectivity index (χ0) is 16.8. The van der Waals surface area contributed by atoms with Gasteiger partial charge in [0.05, 0.1) is 18.5 Å². The van der Waals surface area contributed by atoms with E-state index in [9.17, 15) is 4.79 Å². The molecule has 0 bridgehead atoms. The number of hydrogen-bond acceptors (Lipinski definition) is 7. The molecular weight excluding hydrogens is 342 g/mol. The Morgan fingerprint density at radius 1 is 1.28 bits per heavy atom. The lowest BCUT2D eigenvalue weighted by atomic mass is 10.1. The smallest absolute Gasteiger partial charge is 0.296 e. The van der Waals surface area contributed by atoms with Crippen LogP contribution in [-0.2, 0) is 4.74 Å². The molecule has 0 aliphatic carbocycles. The van der Waals surface area contributed by atoms with E-state index in [0.29, 0.717) is 24.1 Å². The maximum atomic E-state index is 11.9. The second kappa shape index (κ2) is 8.95. The highest BCUT2D eigenvalue weighted by Crippen LogP contribution is 2.32. The van der Waals surface area contributed by atoms with E-state index >= 15 is 0 Å². The molecule has 3 aromatic rings. The summed E-state index contributed by atoms with van der Waals surface area (Å²) in [5.41, 5.74) is 1.57. The van der Waals surface area contributed by atoms with Gasteiger partial charge in [-0.05, 0) is 12.1 Å². The number of amides is 1. The molecule has 0 unspecified atom stereocenters. The second-order valence-corrected chi connectivity index (χ2v) is 5.56. The molecule has 0 spiro atoms. The molecule has 7 nitrogen and oxygen atoms in total. The van der Waals surface area contributed by atoms with Crippen LogP contribution in [0.1, 0.15) is 18.0 Å². The number of carbonyl (C=O) groups excluding carboxylic acids is 1. The first kappa shape index (κ1) is 18.6. The number of benzene rings is 1. The molecule has 1 N–H and O–H groups in total. The van der Waals surface area contributed by atoms with Crippen LogP contribution in [-0.4, -0.2) is 36.4 Å². The normalized spacial score (nSPS) is 10.1. The van der Waals surface area contributed by atoms with Gasteiger partial charge in [-0.25, -0.2) is 4.98 Å². The fourth-order valence-electron chi connectivity index (χ4n) is 1.99. The van der Waals surface area contributed by atoms with Crippen LogP contribution < -0.4 is 10.1 Å². The summed E-state index contributed by atoms with van der Waals surface area (Å²) >= 11 is 1.32. The van der Waals surface area contributed by atoms with Gasteiger partial charge in [0.1, 0.15) is 12.4 Å². The van der Waals surface area contributed by atoms with Crippen LogP contribution in [0.3, 0.4) is 0 Å². The number of nitrogens with zero attached hydrogens (tertiary/aromatic N) is 2. The molecule has 1 aromatic carbocycles. The number of thiazole rings is 1. The summed E-state index contributed by atoms with van der Waals surface area (Å²) in [6.45, 7) is 0.955. The summed E-state index contributed by atoms with van der Waals surface area (Å²) < 4.78 is 15.5. The molecule has 2 heterocycles. The molecule has 0 radical (unpaired) electrons. The van der Waals surface area contributed by atoms with Crippen molar-refractivity contribution in [2.24, 2.45) is 0 Å². The van der Waals surface area contributed by atoms with Crippen LogP contribution in [0.25, 0.3) is 11.3 Å².